The fourth-order valence-corrected chi connectivity index (χ4v) is 3.63. The number of nitrogens with two attached hydrogens (primary N) is 1. The van der Waals surface area contributed by atoms with E-state index in [9.17, 15) is 23.2 Å². The molecule has 1 atom stereocenters. The van der Waals surface area contributed by atoms with Gasteiger partial charge in [-0.3, -0.25) is 9.36 Å². The zero-order valence-electron chi connectivity index (χ0n) is 15.3. The molecule has 3 N–H and O–H groups in total. The number of hydrogen-bond donors (Lipinski definition) is 2. The molecule has 0 aliphatic carbocycles. The molecular formula is C19H17F3N6O. The van der Waals surface area contributed by atoms with Gasteiger partial charge in [0.2, 0.25) is 17.7 Å². The van der Waals surface area contributed by atoms with Gasteiger partial charge in [0.1, 0.15) is 16.9 Å². The van der Waals surface area contributed by atoms with Crippen LogP contribution in [-0.2, 0) is 6.54 Å². The topological polar surface area (TPSA) is 104 Å². The standard InChI is InChI=1S/C19H17F3N6O/c20-12-4-3-10(7-23)11(6-12)8-28-18(29)16-15(14(21)17(22)25-16)26-19(28)27-5-1-2-13(24)9-27/h3-4,6,13,25H,1-2,5,8-9,24H2/t13-/m1/s1. The van der Waals surface area contributed by atoms with Crippen LogP contribution in [0.1, 0.15) is 24.0 Å². The Hall–Kier alpha value is -3.32. The number of nitrogens with zero attached hydrogens (tertiary/aromatic N) is 4. The predicted octanol–water partition coefficient (Wildman–Crippen LogP) is 1.99. The van der Waals surface area contributed by atoms with Crippen molar-refractivity contribution in [1.82, 2.24) is 14.5 Å². The summed E-state index contributed by atoms with van der Waals surface area (Å²) in [6, 6.07) is 5.40. The van der Waals surface area contributed by atoms with Crippen molar-refractivity contribution in [3.8, 4) is 6.07 Å². The Labute approximate surface area is 163 Å². The van der Waals surface area contributed by atoms with E-state index in [1.54, 1.807) is 4.90 Å². The SMILES string of the molecule is N#Cc1ccc(F)cc1Cn1c(N2CCC[C@@H](N)C2)nc2c(F)c(F)[nH]c2c1=O. The zero-order chi connectivity index (χ0) is 20.7. The van der Waals surface area contributed by atoms with Crippen LogP contribution in [0.4, 0.5) is 19.1 Å². The minimum absolute atomic E-state index is 0.101. The highest BCUT2D eigenvalue weighted by Gasteiger charge is 2.26. The Balaban J connectivity index is 1.93. The summed E-state index contributed by atoms with van der Waals surface area (Å²) < 4.78 is 42.8. The molecule has 0 spiro atoms. The van der Waals surface area contributed by atoms with E-state index in [1.807, 2.05) is 6.07 Å². The van der Waals surface area contributed by atoms with Crippen LogP contribution in [0.5, 0.6) is 0 Å². The maximum atomic E-state index is 14.1. The summed E-state index contributed by atoms with van der Waals surface area (Å²) in [6.07, 6.45) is 1.53. The van der Waals surface area contributed by atoms with Crippen LogP contribution in [0.3, 0.4) is 0 Å². The molecule has 10 heteroatoms. The number of anilines is 1. The van der Waals surface area contributed by atoms with Gasteiger partial charge >= 0.3 is 0 Å². The molecule has 1 saturated heterocycles. The van der Waals surface area contributed by atoms with E-state index in [2.05, 4.69) is 9.97 Å². The number of rotatable bonds is 3. The van der Waals surface area contributed by atoms with Crippen LogP contribution in [0.2, 0.25) is 0 Å². The molecule has 150 valence electrons. The Kier molecular flexibility index (Phi) is 4.76. The molecule has 3 aromatic rings. The summed E-state index contributed by atoms with van der Waals surface area (Å²) in [5, 5.41) is 9.31. The van der Waals surface area contributed by atoms with E-state index < -0.39 is 28.7 Å². The fourth-order valence-electron chi connectivity index (χ4n) is 3.63. The highest BCUT2D eigenvalue weighted by molar-refractivity contribution is 5.76. The van der Waals surface area contributed by atoms with Crippen molar-refractivity contribution in [2.24, 2.45) is 5.73 Å². The second-order valence-electron chi connectivity index (χ2n) is 7.04. The molecule has 3 heterocycles. The molecule has 0 unspecified atom stereocenters. The van der Waals surface area contributed by atoms with E-state index in [1.165, 1.54) is 10.6 Å². The monoisotopic (exact) mass is 402 g/mol. The lowest BCUT2D eigenvalue weighted by Gasteiger charge is -2.33. The highest BCUT2D eigenvalue weighted by Crippen LogP contribution is 2.23. The van der Waals surface area contributed by atoms with E-state index in [0.717, 1.165) is 25.0 Å². The van der Waals surface area contributed by atoms with Crippen LogP contribution in [0, 0.1) is 28.9 Å². The molecule has 0 radical (unpaired) electrons. The second kappa shape index (κ2) is 7.25. The highest BCUT2D eigenvalue weighted by atomic mass is 19.2. The van der Waals surface area contributed by atoms with Gasteiger partial charge in [-0.05, 0) is 36.6 Å². The quantitative estimate of drug-likeness (QED) is 0.697. The van der Waals surface area contributed by atoms with Gasteiger partial charge < -0.3 is 15.6 Å². The molecule has 0 saturated carbocycles. The zero-order valence-corrected chi connectivity index (χ0v) is 15.3. The van der Waals surface area contributed by atoms with Crippen molar-refractivity contribution in [1.29, 1.82) is 5.26 Å². The molecule has 1 fully saturated rings. The van der Waals surface area contributed by atoms with Crippen LogP contribution >= 0.6 is 0 Å². The first-order valence-corrected chi connectivity index (χ1v) is 9.05. The first-order valence-electron chi connectivity index (χ1n) is 9.05. The third-order valence-corrected chi connectivity index (χ3v) is 5.04. The number of benzene rings is 1. The summed E-state index contributed by atoms with van der Waals surface area (Å²) >= 11 is 0. The van der Waals surface area contributed by atoms with Crippen molar-refractivity contribution < 1.29 is 13.2 Å². The Bertz CT molecular complexity index is 1200. The van der Waals surface area contributed by atoms with Crippen LogP contribution in [0.15, 0.2) is 23.0 Å². The summed E-state index contributed by atoms with van der Waals surface area (Å²) in [4.78, 5) is 21.1. The van der Waals surface area contributed by atoms with Gasteiger partial charge in [-0.1, -0.05) is 0 Å². The smallest absolute Gasteiger partial charge is 0.279 e. The maximum Gasteiger partial charge on any atom is 0.279 e. The number of halogens is 3. The maximum absolute atomic E-state index is 14.1. The average molecular weight is 402 g/mol. The van der Waals surface area contributed by atoms with Crippen LogP contribution in [-0.4, -0.2) is 33.7 Å². The van der Waals surface area contributed by atoms with Gasteiger partial charge in [-0.25, -0.2) is 9.37 Å². The summed E-state index contributed by atoms with van der Waals surface area (Å²) in [7, 11) is 0. The molecule has 29 heavy (non-hydrogen) atoms. The molecule has 0 bridgehead atoms. The predicted molar refractivity (Wildman–Crippen MR) is 99.9 cm³/mol. The van der Waals surface area contributed by atoms with Gasteiger partial charge in [-0.2, -0.15) is 14.0 Å². The first-order chi connectivity index (χ1) is 13.9. The van der Waals surface area contributed by atoms with Crippen molar-refractivity contribution >= 4 is 17.0 Å². The number of hydrogen-bond acceptors (Lipinski definition) is 5. The summed E-state index contributed by atoms with van der Waals surface area (Å²) in [6.45, 7) is 0.709. The second-order valence-corrected chi connectivity index (χ2v) is 7.04. The van der Waals surface area contributed by atoms with Gasteiger partial charge in [0.05, 0.1) is 18.2 Å². The Morgan fingerprint density at radius 1 is 1.34 bits per heavy atom. The lowest BCUT2D eigenvalue weighted by atomic mass is 10.1. The average Bonchev–Trinajstić information content (AvgIpc) is 2.98. The van der Waals surface area contributed by atoms with Crippen LogP contribution in [0.25, 0.3) is 11.0 Å². The van der Waals surface area contributed by atoms with Crippen molar-refractivity contribution in [3.63, 3.8) is 0 Å². The van der Waals surface area contributed by atoms with Crippen molar-refractivity contribution in [3.05, 3.63) is 57.3 Å². The number of nitrogens with one attached hydrogen (secondary N) is 1. The molecule has 7 nitrogen and oxygen atoms in total. The normalized spacial score (nSPS) is 16.9. The van der Waals surface area contributed by atoms with Crippen molar-refractivity contribution in [2.45, 2.75) is 25.4 Å². The number of nitriles is 1. The number of aromatic nitrogens is 3. The first kappa shape index (κ1) is 19.0. The Morgan fingerprint density at radius 2 is 2.14 bits per heavy atom. The molecular weight excluding hydrogens is 385 g/mol. The molecule has 4 rings (SSSR count). The van der Waals surface area contributed by atoms with E-state index in [-0.39, 0.29) is 35.2 Å². The third-order valence-electron chi connectivity index (χ3n) is 5.04. The minimum atomic E-state index is -1.29. The fraction of sp³-hybridized carbons (Fsp3) is 0.316. The molecule has 2 aromatic heterocycles. The number of H-pyrrole nitrogens is 1. The molecule has 0 amide bonds. The van der Waals surface area contributed by atoms with Gasteiger partial charge in [0, 0.05) is 19.1 Å². The third kappa shape index (κ3) is 3.34. The lowest BCUT2D eigenvalue weighted by Crippen LogP contribution is -2.45. The molecule has 1 aliphatic rings. The lowest BCUT2D eigenvalue weighted by molar-refractivity contribution is 0.490. The van der Waals surface area contributed by atoms with E-state index in [4.69, 9.17) is 5.73 Å². The van der Waals surface area contributed by atoms with Gasteiger partial charge in [-0.15, -0.1) is 0 Å². The van der Waals surface area contributed by atoms with E-state index >= 15 is 0 Å². The number of fused-ring (bicyclic) bond motifs is 1. The molecule has 1 aliphatic heterocycles. The largest absolute Gasteiger partial charge is 0.341 e. The Morgan fingerprint density at radius 3 is 2.86 bits per heavy atom. The van der Waals surface area contributed by atoms with Gasteiger partial charge in [0.15, 0.2) is 0 Å². The number of aromatic amines is 1. The number of piperidine rings is 1. The van der Waals surface area contributed by atoms with Crippen molar-refractivity contribution in [2.75, 3.05) is 18.0 Å². The minimum Gasteiger partial charge on any atom is -0.341 e. The van der Waals surface area contributed by atoms with E-state index in [0.29, 0.717) is 13.1 Å². The van der Waals surface area contributed by atoms with Gasteiger partial charge in [0.25, 0.3) is 5.56 Å². The van der Waals surface area contributed by atoms with Crippen LogP contribution < -0.4 is 16.2 Å². The summed E-state index contributed by atoms with van der Waals surface area (Å²) in [5.74, 6) is -2.99. The molecule has 1 aromatic carbocycles. The summed E-state index contributed by atoms with van der Waals surface area (Å²) in [5.41, 5.74) is 5.00.